The number of ether oxygens (including phenoxy) is 1. The van der Waals surface area contributed by atoms with Crippen molar-refractivity contribution in [3.63, 3.8) is 0 Å². The molecule has 4 nitrogen and oxygen atoms in total. The van der Waals surface area contributed by atoms with E-state index in [1.807, 2.05) is 0 Å². The maximum Gasteiger partial charge on any atom is 0.410 e. The number of carbonyl (C=O) groups excluding carboxylic acids is 2. The van der Waals surface area contributed by atoms with Crippen molar-refractivity contribution >= 4 is 11.9 Å². The third-order valence-electron chi connectivity index (χ3n) is 3.20. The summed E-state index contributed by atoms with van der Waals surface area (Å²) in [6.45, 7) is 1.30. The molecule has 0 N–H and O–H groups in total. The Balaban J connectivity index is 1.70. The summed E-state index contributed by atoms with van der Waals surface area (Å²) >= 11 is 0. The molecule has 0 spiro atoms. The summed E-state index contributed by atoms with van der Waals surface area (Å²) in [5.74, 6) is 0.681. The third kappa shape index (κ3) is 2.70. The lowest BCUT2D eigenvalue weighted by molar-refractivity contribution is -0.116. The predicted octanol–water partition coefficient (Wildman–Crippen LogP) is 1.59. The van der Waals surface area contributed by atoms with Crippen LogP contribution in [0.2, 0.25) is 0 Å². The summed E-state index contributed by atoms with van der Waals surface area (Å²) in [4.78, 5) is 24.0. The number of likely N-dealkylation sites (tertiary alicyclic amines) is 1. The number of rotatable bonds is 2. The Morgan fingerprint density at radius 3 is 2.73 bits per heavy atom. The van der Waals surface area contributed by atoms with Gasteiger partial charge in [0.2, 0.25) is 0 Å². The van der Waals surface area contributed by atoms with E-state index in [9.17, 15) is 9.59 Å². The highest BCUT2D eigenvalue weighted by atomic mass is 16.6. The number of Topliss-reactive ketones (excluding diaryl/α,β-unsaturated/α-hetero) is 1. The van der Waals surface area contributed by atoms with Gasteiger partial charge >= 0.3 is 6.09 Å². The van der Waals surface area contributed by atoms with Gasteiger partial charge in [-0.3, -0.25) is 4.79 Å². The molecule has 0 radical (unpaired) electrons. The highest BCUT2D eigenvalue weighted by molar-refractivity contribution is 5.87. The maximum atomic E-state index is 11.5. The molecule has 0 atom stereocenters. The van der Waals surface area contributed by atoms with Crippen molar-refractivity contribution in [3.05, 3.63) is 0 Å². The first-order chi connectivity index (χ1) is 7.25. The number of hydrogen-bond donors (Lipinski definition) is 0. The fourth-order valence-corrected chi connectivity index (χ4v) is 2.24. The van der Waals surface area contributed by atoms with Crippen molar-refractivity contribution < 1.29 is 14.3 Å². The quantitative estimate of drug-likeness (QED) is 0.696. The van der Waals surface area contributed by atoms with Crippen LogP contribution in [0.25, 0.3) is 0 Å². The molecule has 1 aliphatic heterocycles. The topological polar surface area (TPSA) is 46.6 Å². The summed E-state index contributed by atoms with van der Waals surface area (Å²) in [5.41, 5.74) is 0. The van der Waals surface area contributed by atoms with Crippen molar-refractivity contribution in [3.8, 4) is 0 Å². The molecule has 0 bridgehead atoms. The summed E-state index contributed by atoms with van der Waals surface area (Å²) in [6.07, 6.45) is 5.03. The zero-order valence-electron chi connectivity index (χ0n) is 8.91. The minimum absolute atomic E-state index is 0.132. The number of carbonyl (C=O) groups is 2. The molecular weight excluding hydrogens is 194 g/mol. The van der Waals surface area contributed by atoms with E-state index in [2.05, 4.69) is 0 Å². The first-order valence-corrected chi connectivity index (χ1v) is 5.69. The highest BCUT2D eigenvalue weighted by Crippen LogP contribution is 2.24. The van der Waals surface area contributed by atoms with Crippen molar-refractivity contribution in [2.24, 2.45) is 5.92 Å². The highest BCUT2D eigenvalue weighted by Gasteiger charge is 2.26. The van der Waals surface area contributed by atoms with Crippen LogP contribution in [0.5, 0.6) is 0 Å². The molecule has 84 valence electrons. The lowest BCUT2D eigenvalue weighted by atomic mass is 10.1. The van der Waals surface area contributed by atoms with Crippen molar-refractivity contribution in [2.45, 2.75) is 32.1 Å². The van der Waals surface area contributed by atoms with Crippen molar-refractivity contribution in [1.82, 2.24) is 4.90 Å². The molecule has 1 saturated carbocycles. The van der Waals surface area contributed by atoms with Crippen LogP contribution in [0.4, 0.5) is 4.79 Å². The Bertz CT molecular complexity index is 259. The summed E-state index contributed by atoms with van der Waals surface area (Å²) < 4.78 is 5.19. The van der Waals surface area contributed by atoms with Gasteiger partial charge < -0.3 is 9.64 Å². The summed E-state index contributed by atoms with van der Waals surface area (Å²) in [5, 5.41) is 0. The Kier molecular flexibility index (Phi) is 3.23. The molecule has 1 amide bonds. The van der Waals surface area contributed by atoms with Gasteiger partial charge in [-0.15, -0.1) is 0 Å². The second-order valence-corrected chi connectivity index (χ2v) is 4.44. The summed E-state index contributed by atoms with van der Waals surface area (Å²) in [7, 11) is 0. The SMILES string of the molecule is O=C1CCN(C(=O)OCC2CCCC2)C1. The van der Waals surface area contributed by atoms with E-state index in [1.165, 1.54) is 30.6 Å². The van der Waals surface area contributed by atoms with E-state index in [1.54, 1.807) is 0 Å². The van der Waals surface area contributed by atoms with Gasteiger partial charge in [0.25, 0.3) is 0 Å². The molecule has 1 heterocycles. The molecule has 0 aromatic rings. The molecule has 0 aromatic heterocycles. The Labute approximate surface area is 89.6 Å². The number of hydrogen-bond acceptors (Lipinski definition) is 3. The van der Waals surface area contributed by atoms with Gasteiger partial charge in [0.15, 0.2) is 5.78 Å². The van der Waals surface area contributed by atoms with Gasteiger partial charge in [-0.25, -0.2) is 4.79 Å². The van der Waals surface area contributed by atoms with Crippen LogP contribution in [0.1, 0.15) is 32.1 Å². The van der Waals surface area contributed by atoms with Gasteiger partial charge in [0.05, 0.1) is 13.2 Å². The van der Waals surface area contributed by atoms with Crippen molar-refractivity contribution in [1.29, 1.82) is 0 Å². The van der Waals surface area contributed by atoms with Gasteiger partial charge in [-0.1, -0.05) is 12.8 Å². The Morgan fingerprint density at radius 2 is 2.13 bits per heavy atom. The van der Waals surface area contributed by atoms with E-state index < -0.39 is 0 Å². The molecule has 0 aromatic carbocycles. The van der Waals surface area contributed by atoms with E-state index in [4.69, 9.17) is 4.74 Å². The van der Waals surface area contributed by atoms with Crippen LogP contribution in [0.3, 0.4) is 0 Å². The molecule has 2 rings (SSSR count). The van der Waals surface area contributed by atoms with Gasteiger partial charge in [-0.2, -0.15) is 0 Å². The fourth-order valence-electron chi connectivity index (χ4n) is 2.24. The largest absolute Gasteiger partial charge is 0.449 e. The molecule has 1 aliphatic carbocycles. The monoisotopic (exact) mass is 211 g/mol. The van der Waals surface area contributed by atoms with Crippen LogP contribution in [0, 0.1) is 5.92 Å². The van der Waals surface area contributed by atoms with Gasteiger partial charge in [-0.05, 0) is 18.8 Å². The number of ketones is 1. The molecule has 0 unspecified atom stereocenters. The van der Waals surface area contributed by atoms with E-state index >= 15 is 0 Å². The average Bonchev–Trinajstić information content (AvgIpc) is 2.84. The number of amides is 1. The van der Waals surface area contributed by atoms with Gasteiger partial charge in [0.1, 0.15) is 0 Å². The van der Waals surface area contributed by atoms with E-state index in [0.717, 1.165) is 0 Å². The Morgan fingerprint density at radius 1 is 1.40 bits per heavy atom. The molecule has 2 fully saturated rings. The van der Waals surface area contributed by atoms with E-state index in [0.29, 0.717) is 25.5 Å². The zero-order valence-corrected chi connectivity index (χ0v) is 8.91. The second kappa shape index (κ2) is 4.64. The van der Waals surface area contributed by atoms with Crippen LogP contribution in [-0.4, -0.2) is 36.5 Å². The number of nitrogens with zero attached hydrogens (tertiary/aromatic N) is 1. The van der Waals surface area contributed by atoms with Gasteiger partial charge in [0, 0.05) is 13.0 Å². The predicted molar refractivity (Wildman–Crippen MR) is 54.5 cm³/mol. The standard InChI is InChI=1S/C11H17NO3/c13-10-5-6-12(7-10)11(14)15-8-9-3-1-2-4-9/h9H,1-8H2. The second-order valence-electron chi connectivity index (χ2n) is 4.44. The first kappa shape index (κ1) is 10.5. The smallest absolute Gasteiger partial charge is 0.410 e. The fraction of sp³-hybridized carbons (Fsp3) is 0.818. The van der Waals surface area contributed by atoms with Crippen LogP contribution in [0.15, 0.2) is 0 Å². The maximum absolute atomic E-state index is 11.5. The van der Waals surface area contributed by atoms with E-state index in [-0.39, 0.29) is 18.4 Å². The Hall–Kier alpha value is -1.06. The molecule has 1 saturated heterocycles. The minimum atomic E-state index is -0.312. The molecule has 15 heavy (non-hydrogen) atoms. The minimum Gasteiger partial charge on any atom is -0.449 e. The lowest BCUT2D eigenvalue weighted by Crippen LogP contribution is -2.30. The lowest BCUT2D eigenvalue weighted by Gasteiger charge is -2.16. The first-order valence-electron chi connectivity index (χ1n) is 5.69. The zero-order chi connectivity index (χ0) is 10.7. The summed E-state index contributed by atoms with van der Waals surface area (Å²) in [6, 6.07) is 0. The average molecular weight is 211 g/mol. The van der Waals surface area contributed by atoms with Crippen LogP contribution >= 0.6 is 0 Å². The molecule has 2 aliphatic rings. The molecule has 4 heteroatoms. The third-order valence-corrected chi connectivity index (χ3v) is 3.20. The van der Waals surface area contributed by atoms with Crippen molar-refractivity contribution in [2.75, 3.05) is 19.7 Å². The normalized spacial score (nSPS) is 22.4. The van der Waals surface area contributed by atoms with Crippen LogP contribution < -0.4 is 0 Å². The van der Waals surface area contributed by atoms with Crippen LogP contribution in [-0.2, 0) is 9.53 Å². The molecular formula is C11H17NO3.